The molecule has 0 unspecified atom stereocenters. The first-order valence-corrected chi connectivity index (χ1v) is 9.78. The summed E-state index contributed by atoms with van der Waals surface area (Å²) in [6, 6.07) is 0. The van der Waals surface area contributed by atoms with Gasteiger partial charge < -0.3 is 29.2 Å². The van der Waals surface area contributed by atoms with Gasteiger partial charge in [-0.1, -0.05) is 20.8 Å². The SMILES string of the molecule is CO[C@@H]1O[C@H](CO[Si](C)(C)C(C)(C)C)[C@H](O)[C@H](O)[C@H]1O. The molecule has 1 aliphatic heterocycles. The Balaban J connectivity index is 2.68. The molecular formula is C13H28O6Si. The highest BCUT2D eigenvalue weighted by Crippen LogP contribution is 2.37. The van der Waals surface area contributed by atoms with Crippen LogP contribution in [0.5, 0.6) is 0 Å². The maximum atomic E-state index is 9.97. The molecule has 0 aromatic carbocycles. The molecule has 0 aromatic rings. The predicted molar refractivity (Wildman–Crippen MR) is 76.8 cm³/mol. The van der Waals surface area contributed by atoms with Gasteiger partial charge >= 0.3 is 0 Å². The van der Waals surface area contributed by atoms with Gasteiger partial charge in [-0.05, 0) is 18.1 Å². The van der Waals surface area contributed by atoms with E-state index in [4.69, 9.17) is 13.9 Å². The second kappa shape index (κ2) is 6.39. The fourth-order valence-corrected chi connectivity index (χ4v) is 2.77. The van der Waals surface area contributed by atoms with Crippen molar-refractivity contribution in [3.05, 3.63) is 0 Å². The molecule has 1 rings (SSSR count). The largest absolute Gasteiger partial charge is 0.414 e. The fraction of sp³-hybridized carbons (Fsp3) is 1.00. The van der Waals surface area contributed by atoms with Gasteiger partial charge in [0, 0.05) is 7.11 Å². The smallest absolute Gasteiger partial charge is 0.192 e. The second-order valence-corrected chi connectivity index (χ2v) is 11.6. The van der Waals surface area contributed by atoms with E-state index in [1.54, 1.807) is 0 Å². The molecule has 6 nitrogen and oxygen atoms in total. The van der Waals surface area contributed by atoms with Crippen molar-refractivity contribution in [1.82, 2.24) is 0 Å². The summed E-state index contributed by atoms with van der Waals surface area (Å²) in [4.78, 5) is 0. The molecule has 0 bridgehead atoms. The predicted octanol–water partition coefficient (Wildman–Crippen LogP) is 0.462. The lowest BCUT2D eigenvalue weighted by atomic mass is 9.99. The maximum absolute atomic E-state index is 9.97. The van der Waals surface area contributed by atoms with Crippen molar-refractivity contribution in [3.63, 3.8) is 0 Å². The summed E-state index contributed by atoms with van der Waals surface area (Å²) in [6.07, 6.45) is -5.43. The van der Waals surface area contributed by atoms with Crippen molar-refractivity contribution < 1.29 is 29.2 Å². The summed E-state index contributed by atoms with van der Waals surface area (Å²) in [5.74, 6) is 0. The normalized spacial score (nSPS) is 36.1. The lowest BCUT2D eigenvalue weighted by Crippen LogP contribution is -2.60. The van der Waals surface area contributed by atoms with Crippen LogP contribution >= 0.6 is 0 Å². The molecule has 1 heterocycles. The number of rotatable bonds is 4. The molecule has 0 aliphatic carbocycles. The van der Waals surface area contributed by atoms with Crippen molar-refractivity contribution in [2.24, 2.45) is 0 Å². The fourth-order valence-electron chi connectivity index (χ4n) is 1.76. The van der Waals surface area contributed by atoms with Crippen LogP contribution in [0.25, 0.3) is 0 Å². The van der Waals surface area contributed by atoms with Crippen molar-refractivity contribution >= 4 is 8.32 Å². The van der Waals surface area contributed by atoms with Crippen LogP contribution in [0.1, 0.15) is 20.8 Å². The summed E-state index contributed by atoms with van der Waals surface area (Å²) in [7, 11) is -0.587. The van der Waals surface area contributed by atoms with Crippen LogP contribution in [0.2, 0.25) is 18.1 Å². The minimum atomic E-state index is -1.97. The van der Waals surface area contributed by atoms with Crippen molar-refractivity contribution in [1.29, 1.82) is 0 Å². The summed E-state index contributed by atoms with van der Waals surface area (Å²) >= 11 is 0. The third-order valence-corrected chi connectivity index (χ3v) is 8.82. The monoisotopic (exact) mass is 308 g/mol. The van der Waals surface area contributed by atoms with Crippen molar-refractivity contribution in [2.75, 3.05) is 13.7 Å². The van der Waals surface area contributed by atoms with Crippen LogP contribution < -0.4 is 0 Å². The molecule has 0 aromatic heterocycles. The minimum absolute atomic E-state index is 0.0470. The van der Waals surface area contributed by atoms with Crippen LogP contribution in [0.4, 0.5) is 0 Å². The molecule has 1 aliphatic rings. The van der Waals surface area contributed by atoms with Crippen LogP contribution in [0, 0.1) is 0 Å². The summed E-state index contributed by atoms with van der Waals surface area (Å²) < 4.78 is 16.4. The number of hydrogen-bond donors (Lipinski definition) is 3. The molecule has 7 heteroatoms. The molecule has 120 valence electrons. The Morgan fingerprint density at radius 2 is 1.60 bits per heavy atom. The van der Waals surface area contributed by atoms with Gasteiger partial charge in [-0.2, -0.15) is 0 Å². The second-order valence-electron chi connectivity index (χ2n) is 6.82. The van der Waals surface area contributed by atoms with Crippen LogP contribution in [0.15, 0.2) is 0 Å². The molecule has 0 amide bonds. The molecule has 5 atom stereocenters. The average Bonchev–Trinajstić information content (AvgIpc) is 2.34. The van der Waals surface area contributed by atoms with Gasteiger partial charge in [-0.15, -0.1) is 0 Å². The van der Waals surface area contributed by atoms with Gasteiger partial charge in [-0.3, -0.25) is 0 Å². The van der Waals surface area contributed by atoms with E-state index in [0.29, 0.717) is 0 Å². The van der Waals surface area contributed by atoms with Crippen LogP contribution in [-0.4, -0.2) is 68.1 Å². The zero-order valence-corrected chi connectivity index (χ0v) is 14.2. The first-order valence-electron chi connectivity index (χ1n) is 6.87. The van der Waals surface area contributed by atoms with E-state index in [0.717, 1.165) is 0 Å². The molecule has 20 heavy (non-hydrogen) atoms. The first kappa shape index (κ1) is 18.0. The van der Waals surface area contributed by atoms with E-state index in [1.807, 2.05) is 0 Å². The van der Waals surface area contributed by atoms with Gasteiger partial charge in [0.25, 0.3) is 0 Å². The van der Waals surface area contributed by atoms with E-state index >= 15 is 0 Å². The Hall–Kier alpha value is -0.0231. The van der Waals surface area contributed by atoms with Crippen LogP contribution in [-0.2, 0) is 13.9 Å². The van der Waals surface area contributed by atoms with E-state index in [-0.39, 0.29) is 11.6 Å². The highest BCUT2D eigenvalue weighted by molar-refractivity contribution is 6.74. The van der Waals surface area contributed by atoms with E-state index < -0.39 is 39.0 Å². The summed E-state index contributed by atoms with van der Waals surface area (Å²) in [5, 5.41) is 29.5. The highest BCUT2D eigenvalue weighted by atomic mass is 28.4. The first-order chi connectivity index (χ1) is 9.01. The van der Waals surface area contributed by atoms with Gasteiger partial charge in [0.15, 0.2) is 14.6 Å². The molecule has 0 spiro atoms. The minimum Gasteiger partial charge on any atom is -0.414 e. The third kappa shape index (κ3) is 3.79. The van der Waals surface area contributed by atoms with Gasteiger partial charge in [0.2, 0.25) is 0 Å². The Morgan fingerprint density at radius 3 is 2.05 bits per heavy atom. The quantitative estimate of drug-likeness (QED) is 0.654. The molecule has 1 fully saturated rings. The molecular weight excluding hydrogens is 280 g/mol. The van der Waals surface area contributed by atoms with Gasteiger partial charge in [0.05, 0.1) is 6.61 Å². The number of aliphatic hydroxyl groups is 3. The Bertz CT molecular complexity index is 314. The van der Waals surface area contributed by atoms with E-state index in [9.17, 15) is 15.3 Å². The van der Waals surface area contributed by atoms with E-state index in [1.165, 1.54) is 7.11 Å². The Morgan fingerprint density at radius 1 is 1.05 bits per heavy atom. The summed E-state index contributed by atoms with van der Waals surface area (Å²) in [5.41, 5.74) is 0. The zero-order chi connectivity index (χ0) is 15.7. The summed E-state index contributed by atoms with van der Waals surface area (Å²) in [6.45, 7) is 10.7. The molecule has 0 radical (unpaired) electrons. The number of aliphatic hydroxyl groups excluding tert-OH is 3. The third-order valence-electron chi connectivity index (χ3n) is 4.32. The van der Waals surface area contributed by atoms with Gasteiger partial charge in [-0.25, -0.2) is 0 Å². The number of methoxy groups -OCH3 is 1. The highest BCUT2D eigenvalue weighted by Gasteiger charge is 2.45. The lowest BCUT2D eigenvalue weighted by molar-refractivity contribution is -0.293. The zero-order valence-electron chi connectivity index (χ0n) is 13.2. The molecule has 0 saturated carbocycles. The maximum Gasteiger partial charge on any atom is 0.192 e. The van der Waals surface area contributed by atoms with E-state index in [2.05, 4.69) is 33.9 Å². The lowest BCUT2D eigenvalue weighted by Gasteiger charge is -2.42. The van der Waals surface area contributed by atoms with Gasteiger partial charge in [0.1, 0.15) is 24.4 Å². The Kier molecular flexibility index (Phi) is 5.76. The van der Waals surface area contributed by atoms with Crippen LogP contribution in [0.3, 0.4) is 0 Å². The average molecular weight is 308 g/mol. The van der Waals surface area contributed by atoms with Crippen molar-refractivity contribution in [2.45, 2.75) is 69.6 Å². The molecule has 1 saturated heterocycles. The molecule has 3 N–H and O–H groups in total. The number of ether oxygens (including phenoxy) is 2. The standard InChI is InChI=1S/C13H28O6Si/c1-13(2,3)20(5,6)18-7-8-9(14)10(15)11(16)12(17-4)19-8/h8-12,14-16H,7H2,1-6H3/t8-,9+,10+,11-,12-/m1/s1. The Labute approximate surface area is 121 Å². The number of hydrogen-bond acceptors (Lipinski definition) is 6. The van der Waals surface area contributed by atoms with Crippen molar-refractivity contribution in [3.8, 4) is 0 Å². The topological polar surface area (TPSA) is 88.4 Å².